The fourth-order valence-electron chi connectivity index (χ4n) is 0.973. The summed E-state index contributed by atoms with van der Waals surface area (Å²) < 4.78 is 0. The standard InChI is InChI=1S/C9H11NO3.FH/c10-8(9(12)13)5-6-1-3-7(11)4-2-6;/h1-4,8,11H,5,10H2,(H,12,13);1H. The van der Waals surface area contributed by atoms with Crippen molar-refractivity contribution in [3.63, 3.8) is 0 Å². The van der Waals surface area contributed by atoms with Gasteiger partial charge in [0, 0.05) is 0 Å². The first kappa shape index (κ1) is 12.4. The van der Waals surface area contributed by atoms with Gasteiger partial charge in [0.05, 0.1) is 0 Å². The molecular weight excluding hydrogens is 189 g/mol. The lowest BCUT2D eigenvalue weighted by molar-refractivity contribution is -0.138. The molecular formula is C9H12FNO3. The molecule has 1 atom stereocenters. The number of carbonyl (C=O) groups is 1. The van der Waals surface area contributed by atoms with Gasteiger partial charge < -0.3 is 15.9 Å². The maximum Gasteiger partial charge on any atom is 0.320 e. The van der Waals surface area contributed by atoms with Gasteiger partial charge in [0.1, 0.15) is 11.8 Å². The number of aromatic hydroxyl groups is 1. The fraction of sp³-hybridized carbons (Fsp3) is 0.222. The minimum atomic E-state index is -1.02. The van der Waals surface area contributed by atoms with Crippen LogP contribution in [0.25, 0.3) is 0 Å². The Labute approximate surface area is 80.3 Å². The Morgan fingerprint density at radius 1 is 1.36 bits per heavy atom. The number of nitrogens with two attached hydrogens (primary N) is 1. The lowest BCUT2D eigenvalue weighted by atomic mass is 10.1. The zero-order valence-electron chi connectivity index (χ0n) is 7.38. The number of halogens is 1. The maximum atomic E-state index is 10.4. The van der Waals surface area contributed by atoms with Gasteiger partial charge in [0.25, 0.3) is 0 Å². The van der Waals surface area contributed by atoms with Gasteiger partial charge >= 0.3 is 5.97 Å². The summed E-state index contributed by atoms with van der Waals surface area (Å²) in [4.78, 5) is 10.4. The van der Waals surface area contributed by atoms with Crippen LogP contribution in [0.1, 0.15) is 5.56 Å². The largest absolute Gasteiger partial charge is 0.508 e. The second kappa shape index (κ2) is 5.18. The van der Waals surface area contributed by atoms with E-state index in [0.29, 0.717) is 0 Å². The van der Waals surface area contributed by atoms with E-state index in [1.165, 1.54) is 12.1 Å². The summed E-state index contributed by atoms with van der Waals surface area (Å²) in [6, 6.07) is 5.42. The number of rotatable bonds is 3. The average Bonchev–Trinajstić information content (AvgIpc) is 2.08. The van der Waals surface area contributed by atoms with Gasteiger partial charge in [-0.15, -0.1) is 0 Å². The summed E-state index contributed by atoms with van der Waals surface area (Å²) in [7, 11) is 0. The molecule has 0 aliphatic rings. The predicted molar refractivity (Wildman–Crippen MR) is 49.9 cm³/mol. The molecule has 0 saturated carbocycles. The molecule has 14 heavy (non-hydrogen) atoms. The zero-order chi connectivity index (χ0) is 9.84. The van der Waals surface area contributed by atoms with Crippen LogP contribution in [0.5, 0.6) is 5.75 Å². The SMILES string of the molecule is F.NC(Cc1ccc(O)cc1)C(=O)O. The van der Waals surface area contributed by atoms with Crippen LogP contribution in [0.2, 0.25) is 0 Å². The van der Waals surface area contributed by atoms with Crippen LogP contribution >= 0.6 is 0 Å². The Balaban J connectivity index is 0.00000169. The normalized spacial score (nSPS) is 11.5. The summed E-state index contributed by atoms with van der Waals surface area (Å²) in [5, 5.41) is 17.5. The highest BCUT2D eigenvalue weighted by Crippen LogP contribution is 2.10. The van der Waals surface area contributed by atoms with Crippen LogP contribution in [-0.2, 0) is 11.2 Å². The Morgan fingerprint density at radius 3 is 2.29 bits per heavy atom. The quantitative estimate of drug-likeness (QED) is 0.664. The Hall–Kier alpha value is -1.62. The van der Waals surface area contributed by atoms with E-state index in [0.717, 1.165) is 5.56 Å². The minimum absolute atomic E-state index is 0. The van der Waals surface area contributed by atoms with Gasteiger partial charge in [-0.05, 0) is 24.1 Å². The number of carboxylic acids is 1. The van der Waals surface area contributed by atoms with Crippen molar-refractivity contribution >= 4 is 5.97 Å². The van der Waals surface area contributed by atoms with Gasteiger partial charge in [-0.3, -0.25) is 9.50 Å². The van der Waals surface area contributed by atoms with Gasteiger partial charge in [-0.25, -0.2) is 0 Å². The summed E-state index contributed by atoms with van der Waals surface area (Å²) in [6.07, 6.45) is 0.273. The number of aliphatic carboxylic acids is 1. The molecule has 0 heterocycles. The fourth-order valence-corrected chi connectivity index (χ4v) is 0.973. The molecule has 78 valence electrons. The van der Waals surface area contributed by atoms with Crippen LogP contribution in [0.3, 0.4) is 0 Å². The van der Waals surface area contributed by atoms with Crippen molar-refractivity contribution in [3.05, 3.63) is 29.8 Å². The topological polar surface area (TPSA) is 83.5 Å². The third-order valence-corrected chi connectivity index (χ3v) is 1.71. The van der Waals surface area contributed by atoms with Crippen molar-refractivity contribution in [2.75, 3.05) is 0 Å². The molecule has 0 spiro atoms. The van der Waals surface area contributed by atoms with Crippen LogP contribution in [0.4, 0.5) is 4.70 Å². The number of carboxylic acid groups (broad SMARTS) is 1. The van der Waals surface area contributed by atoms with Crippen LogP contribution in [0, 0.1) is 0 Å². The molecule has 4 nitrogen and oxygen atoms in total. The van der Waals surface area contributed by atoms with E-state index in [1.54, 1.807) is 12.1 Å². The highest BCUT2D eigenvalue weighted by atomic mass is 19.0. The molecule has 1 aromatic carbocycles. The van der Waals surface area contributed by atoms with Gasteiger partial charge in [-0.2, -0.15) is 0 Å². The lowest BCUT2D eigenvalue weighted by Crippen LogP contribution is -2.32. The van der Waals surface area contributed by atoms with E-state index in [4.69, 9.17) is 15.9 Å². The molecule has 4 N–H and O–H groups in total. The van der Waals surface area contributed by atoms with Crippen LogP contribution < -0.4 is 5.73 Å². The Kier molecular flexibility index (Phi) is 4.58. The van der Waals surface area contributed by atoms with Gasteiger partial charge in [-0.1, -0.05) is 12.1 Å². The number of hydrogen-bond acceptors (Lipinski definition) is 3. The molecule has 1 aromatic rings. The zero-order valence-corrected chi connectivity index (χ0v) is 7.38. The molecule has 0 aliphatic heterocycles. The molecule has 1 rings (SSSR count). The molecule has 0 bridgehead atoms. The van der Waals surface area contributed by atoms with E-state index in [9.17, 15) is 4.79 Å². The average molecular weight is 201 g/mol. The molecule has 1 unspecified atom stereocenters. The van der Waals surface area contributed by atoms with Crippen LogP contribution in [0.15, 0.2) is 24.3 Å². The highest BCUT2D eigenvalue weighted by Gasteiger charge is 2.11. The van der Waals surface area contributed by atoms with E-state index in [-0.39, 0.29) is 16.9 Å². The van der Waals surface area contributed by atoms with E-state index < -0.39 is 12.0 Å². The molecule has 0 radical (unpaired) electrons. The highest BCUT2D eigenvalue weighted by molar-refractivity contribution is 5.73. The van der Waals surface area contributed by atoms with Crippen molar-refractivity contribution in [3.8, 4) is 5.75 Å². The summed E-state index contributed by atoms with van der Waals surface area (Å²) in [6.45, 7) is 0. The molecule has 5 heteroatoms. The third-order valence-electron chi connectivity index (χ3n) is 1.71. The smallest absolute Gasteiger partial charge is 0.320 e. The number of benzene rings is 1. The first-order chi connectivity index (χ1) is 6.09. The van der Waals surface area contributed by atoms with Gasteiger partial charge in [0.2, 0.25) is 0 Å². The molecule has 0 saturated heterocycles. The molecule has 0 amide bonds. The molecule has 0 aliphatic carbocycles. The summed E-state index contributed by atoms with van der Waals surface area (Å²) in [5.74, 6) is -0.860. The second-order valence-electron chi connectivity index (χ2n) is 2.82. The first-order valence-corrected chi connectivity index (χ1v) is 3.86. The number of phenols is 1. The molecule has 0 aromatic heterocycles. The van der Waals surface area contributed by atoms with Crippen molar-refractivity contribution in [2.45, 2.75) is 12.5 Å². The van der Waals surface area contributed by atoms with Crippen LogP contribution in [-0.4, -0.2) is 22.2 Å². The monoisotopic (exact) mass is 201 g/mol. The summed E-state index contributed by atoms with van der Waals surface area (Å²) >= 11 is 0. The Bertz CT molecular complexity index is 299. The van der Waals surface area contributed by atoms with E-state index in [2.05, 4.69) is 0 Å². The third kappa shape index (κ3) is 3.40. The van der Waals surface area contributed by atoms with E-state index >= 15 is 0 Å². The van der Waals surface area contributed by atoms with Crippen molar-refractivity contribution in [1.29, 1.82) is 0 Å². The first-order valence-electron chi connectivity index (χ1n) is 3.86. The maximum absolute atomic E-state index is 10.4. The van der Waals surface area contributed by atoms with Crippen molar-refractivity contribution in [2.24, 2.45) is 5.73 Å². The Morgan fingerprint density at radius 2 is 1.86 bits per heavy atom. The minimum Gasteiger partial charge on any atom is -0.508 e. The lowest BCUT2D eigenvalue weighted by Gasteiger charge is -2.05. The molecule has 0 fully saturated rings. The second-order valence-corrected chi connectivity index (χ2v) is 2.82. The number of hydrogen-bond donors (Lipinski definition) is 3. The number of phenolic OH excluding ortho intramolecular Hbond substituents is 1. The van der Waals surface area contributed by atoms with Crippen molar-refractivity contribution in [1.82, 2.24) is 0 Å². The van der Waals surface area contributed by atoms with E-state index in [1.807, 2.05) is 0 Å². The van der Waals surface area contributed by atoms with Gasteiger partial charge in [0.15, 0.2) is 0 Å². The summed E-state index contributed by atoms with van der Waals surface area (Å²) in [5.41, 5.74) is 6.12. The van der Waals surface area contributed by atoms with Crippen molar-refractivity contribution < 1.29 is 19.7 Å². The predicted octanol–water partition coefficient (Wildman–Crippen LogP) is 0.499.